The normalized spacial score (nSPS) is 13.5. The van der Waals surface area contributed by atoms with Gasteiger partial charge in [0.15, 0.2) is 5.78 Å². The number of carbonyl (C=O) groups is 6. The third-order valence-electron chi connectivity index (χ3n) is 14.5. The number of rotatable bonds is 19. The maximum atomic E-state index is 13.4. The first-order chi connectivity index (χ1) is 43.1. The van der Waals surface area contributed by atoms with E-state index >= 15 is 0 Å². The second kappa shape index (κ2) is 31.1. The Kier molecular flexibility index (Phi) is 23.9. The fraction of sp³-hybridized carbons (Fsp3) is 0.290. The van der Waals surface area contributed by atoms with E-state index in [2.05, 4.69) is 38.9 Å². The number of aromatic nitrogens is 1. The number of sulfonamides is 3. The highest BCUT2D eigenvalue weighted by Crippen LogP contribution is 2.34. The van der Waals surface area contributed by atoms with E-state index in [1.54, 1.807) is 32.4 Å². The molecule has 0 saturated carbocycles. The highest BCUT2D eigenvalue weighted by Gasteiger charge is 2.31. The Morgan fingerprint density at radius 2 is 1.04 bits per heavy atom. The van der Waals surface area contributed by atoms with Crippen LogP contribution >= 0.6 is 34.8 Å². The Balaban J connectivity index is 0.000000708. The van der Waals surface area contributed by atoms with Crippen LogP contribution < -0.4 is 40.3 Å². The molecule has 91 heavy (non-hydrogen) atoms. The summed E-state index contributed by atoms with van der Waals surface area (Å²) in [7, 11) is -9.94. The van der Waals surface area contributed by atoms with Crippen molar-refractivity contribution in [1.82, 2.24) is 18.7 Å². The first-order valence-electron chi connectivity index (χ1n) is 28.4. The van der Waals surface area contributed by atoms with Crippen molar-refractivity contribution in [2.24, 2.45) is 11.7 Å². The maximum absolute atomic E-state index is 13.4. The monoisotopic (exact) mass is 1380 g/mol. The number of methoxy groups -OCH3 is 2. The Bertz CT molecular complexity index is 4190. The van der Waals surface area contributed by atoms with Gasteiger partial charge in [-0.15, -0.1) is 0 Å². The summed E-state index contributed by atoms with van der Waals surface area (Å²) in [4.78, 5) is 75.4. The highest BCUT2D eigenvalue weighted by atomic mass is 35.5. The molecule has 0 bridgehead atoms. The zero-order valence-electron chi connectivity index (χ0n) is 50.1. The van der Waals surface area contributed by atoms with Crippen molar-refractivity contribution in [2.45, 2.75) is 99.0 Å². The standard InChI is InChI=1S/C24H29ClN2O5S.C20H22ClN3O5S.C18H17ClN4O4S.6H2/c1-16(2)13-22(27-12-4-5-18-15-19(25)8-11-21(18)27)23(28)14-17-6-9-20(10-7-17)33(30,31)26-24(29)32-3;1-13(24-11-3-4-14-12-15(21)5-10-18(14)24)19(25)22-16-6-8-17(9-7-16)30(27,28)23-20(26)29-2;19-13-1-6-16-12(11-13)7-9-23(16)10-8-17(24)21-14-2-4-15(5-3-14)28(26,27)22-18(20)25;;;;;;/h6-11,15-16,22H,4-5,12-14H2,1-3H3,(H,26,29);5-10,12-13H,3-4,11H2,1-2H3,(H,22,25)(H,23,26);1-7,9,11H,8,10H2,(H,21,24)(H3,20,22,25);6*1H/t22-;13-;;;;;;;/m01......./s1. The number of hydrogen-bond acceptors (Lipinski definition) is 16. The van der Waals surface area contributed by atoms with Crippen LogP contribution in [0.3, 0.4) is 0 Å². The molecule has 7 aromatic rings. The number of anilines is 4. The summed E-state index contributed by atoms with van der Waals surface area (Å²) >= 11 is 18.2. The number of nitrogens with zero attached hydrogens (tertiary/aromatic N) is 3. The van der Waals surface area contributed by atoms with Gasteiger partial charge < -0.3 is 40.2 Å². The molecular weight excluding hydrogens is 1300 g/mol. The molecule has 7 N–H and O–H groups in total. The van der Waals surface area contributed by atoms with Gasteiger partial charge in [0.1, 0.15) is 6.04 Å². The molecule has 0 spiro atoms. The van der Waals surface area contributed by atoms with Crippen LogP contribution in [0.5, 0.6) is 0 Å². The molecular formula is C62H80Cl3N9O14S3. The van der Waals surface area contributed by atoms with E-state index in [-0.39, 0.29) is 59.7 Å². The van der Waals surface area contributed by atoms with Crippen LogP contribution in [0.1, 0.15) is 71.7 Å². The minimum absolute atomic E-state index is 0. The SMILES string of the molecule is COC(=O)NS(=O)(=O)c1ccc(CC(=O)[C@H](CC(C)C)N2CCCc3cc(Cl)ccc32)cc1.COC(=O)NS(=O)(=O)c1ccc(NC(=O)[C@@H](C)N2CCCc3cc(Cl)ccc32)cc1.NC(=O)NS(=O)(=O)c1ccc(NC(=O)CCn2ccc3cc(Cl)ccc32)cc1.[HH].[HH].[HH].[HH].[HH].[HH]. The Morgan fingerprint density at radius 1 is 0.582 bits per heavy atom. The number of primary amides is 1. The second-order valence-electron chi connectivity index (χ2n) is 21.5. The van der Waals surface area contributed by atoms with Crippen LogP contribution in [0.2, 0.25) is 15.1 Å². The lowest BCUT2D eigenvalue weighted by molar-refractivity contribution is -0.120. The fourth-order valence-electron chi connectivity index (χ4n) is 10.1. The number of ketones is 1. The van der Waals surface area contributed by atoms with Crippen molar-refractivity contribution in [3.8, 4) is 0 Å². The molecule has 0 radical (unpaired) electrons. The Hall–Kier alpha value is -8.40. The summed E-state index contributed by atoms with van der Waals surface area (Å²) < 4.78 is 88.1. The predicted octanol–water partition coefficient (Wildman–Crippen LogP) is 11.7. The minimum atomic E-state index is -4.04. The van der Waals surface area contributed by atoms with Crippen LogP contribution in [0.25, 0.3) is 10.9 Å². The minimum Gasteiger partial charge on any atom is -0.452 e. The maximum Gasteiger partial charge on any atom is 0.420 e. The summed E-state index contributed by atoms with van der Waals surface area (Å²) in [6.07, 6.45) is 4.60. The lowest BCUT2D eigenvalue weighted by Gasteiger charge is -2.38. The van der Waals surface area contributed by atoms with Crippen LogP contribution in [-0.2, 0) is 79.7 Å². The molecule has 2 aliphatic heterocycles. The van der Waals surface area contributed by atoms with E-state index in [1.165, 1.54) is 60.7 Å². The number of hydrogen-bond donors (Lipinski definition) is 6. The number of Topliss-reactive ketones (excluding diaryl/α,β-unsaturated/α-hetero) is 1. The quantitative estimate of drug-likeness (QED) is 0.0438. The summed E-state index contributed by atoms with van der Waals surface area (Å²) in [6.45, 7) is 8.04. The van der Waals surface area contributed by atoms with Gasteiger partial charge in [-0.05, 0) is 183 Å². The number of urea groups is 1. The smallest absolute Gasteiger partial charge is 0.420 e. The van der Waals surface area contributed by atoms with Crippen molar-refractivity contribution in [3.05, 3.63) is 171 Å². The molecule has 0 aliphatic carbocycles. The van der Waals surface area contributed by atoms with Crippen LogP contribution in [0.15, 0.2) is 154 Å². The molecule has 0 fully saturated rings. The van der Waals surface area contributed by atoms with Gasteiger partial charge in [0.2, 0.25) is 11.8 Å². The van der Waals surface area contributed by atoms with Gasteiger partial charge in [-0.2, -0.15) is 0 Å². The molecule has 29 heteroatoms. The Labute approximate surface area is 551 Å². The third-order valence-corrected chi connectivity index (χ3v) is 19.3. The number of amides is 6. The van der Waals surface area contributed by atoms with Crippen LogP contribution in [0, 0.1) is 5.92 Å². The van der Waals surface area contributed by atoms with Crippen molar-refractivity contribution in [3.63, 3.8) is 0 Å². The van der Waals surface area contributed by atoms with Crippen LogP contribution in [-0.4, -0.2) is 105 Å². The number of benzene rings is 6. The molecule has 1 aromatic heterocycles. The summed E-state index contributed by atoms with van der Waals surface area (Å²) in [6, 6.07) is 33.9. The van der Waals surface area contributed by atoms with E-state index in [9.17, 15) is 54.0 Å². The van der Waals surface area contributed by atoms with Crippen LogP contribution in [0.4, 0.5) is 37.1 Å². The molecule has 496 valence electrons. The molecule has 6 amide bonds. The zero-order valence-corrected chi connectivity index (χ0v) is 54.8. The molecule has 0 saturated heterocycles. The molecule has 3 heterocycles. The van der Waals surface area contributed by atoms with Crippen molar-refractivity contribution < 1.29 is 72.1 Å². The number of fused-ring (bicyclic) bond motifs is 3. The van der Waals surface area contributed by atoms with Gasteiger partial charge in [-0.25, -0.2) is 53.8 Å². The number of carbonyl (C=O) groups excluding carboxylic acids is 6. The highest BCUT2D eigenvalue weighted by molar-refractivity contribution is 7.90. The van der Waals surface area contributed by atoms with E-state index in [0.717, 1.165) is 92.8 Å². The molecule has 2 atom stereocenters. The number of aryl methyl sites for hydroxylation is 3. The van der Waals surface area contributed by atoms with E-state index in [4.69, 9.17) is 40.5 Å². The first-order valence-corrected chi connectivity index (χ1v) is 34.0. The van der Waals surface area contributed by atoms with Gasteiger partial charge in [0, 0.05) is 96.0 Å². The molecule has 23 nitrogen and oxygen atoms in total. The fourth-order valence-corrected chi connectivity index (χ4v) is 13.4. The van der Waals surface area contributed by atoms with Crippen molar-refractivity contribution >= 4 is 134 Å². The number of ether oxygens (including phenoxy) is 2. The van der Waals surface area contributed by atoms with Gasteiger partial charge in [-0.3, -0.25) is 14.4 Å². The number of halogens is 3. The average Bonchev–Trinajstić information content (AvgIpc) is 1.80. The summed E-state index contributed by atoms with van der Waals surface area (Å²) in [5.41, 5.74) is 11.7. The van der Waals surface area contributed by atoms with Crippen molar-refractivity contribution in [2.75, 3.05) is 47.7 Å². The number of nitrogens with two attached hydrogens (primary N) is 1. The van der Waals surface area contributed by atoms with E-state index < -0.39 is 54.3 Å². The predicted molar refractivity (Wildman–Crippen MR) is 362 cm³/mol. The molecule has 2 aliphatic rings. The van der Waals surface area contributed by atoms with E-state index in [0.29, 0.717) is 44.5 Å². The first kappa shape index (κ1) is 70.1. The second-order valence-corrected chi connectivity index (χ2v) is 27.8. The lowest BCUT2D eigenvalue weighted by Crippen LogP contribution is -2.45. The van der Waals surface area contributed by atoms with E-state index in [1.807, 2.05) is 77.2 Å². The topological polar surface area (TPSA) is 321 Å². The summed E-state index contributed by atoms with van der Waals surface area (Å²) in [5.74, 6) is -0.0360. The summed E-state index contributed by atoms with van der Waals surface area (Å²) in [5, 5.41) is 8.51. The van der Waals surface area contributed by atoms with Gasteiger partial charge in [0.05, 0.1) is 34.9 Å². The molecule has 9 rings (SSSR count). The Morgan fingerprint density at radius 3 is 1.55 bits per heavy atom. The van der Waals surface area contributed by atoms with Crippen molar-refractivity contribution in [1.29, 1.82) is 0 Å². The van der Waals surface area contributed by atoms with Gasteiger partial charge in [-0.1, -0.05) is 60.8 Å². The number of nitrogens with one attached hydrogen (secondary N) is 5. The van der Waals surface area contributed by atoms with Gasteiger partial charge in [0.25, 0.3) is 30.1 Å². The molecule has 6 aromatic carbocycles. The molecule has 0 unspecified atom stereocenters. The zero-order chi connectivity index (χ0) is 66.4. The average molecular weight is 1380 g/mol. The van der Waals surface area contributed by atoms with Gasteiger partial charge >= 0.3 is 18.2 Å². The largest absolute Gasteiger partial charge is 0.452 e. The third kappa shape index (κ3) is 19.3. The lowest BCUT2D eigenvalue weighted by atomic mass is 9.91.